The molecule has 2 N–H and O–H groups in total. The molecule has 19 heavy (non-hydrogen) atoms. The fourth-order valence-corrected chi connectivity index (χ4v) is 2.69. The zero-order valence-electron chi connectivity index (χ0n) is 12.0. The van der Waals surface area contributed by atoms with E-state index in [0.29, 0.717) is 6.10 Å². The third kappa shape index (κ3) is 3.71. The Balaban J connectivity index is 2.15. The van der Waals surface area contributed by atoms with Crippen molar-refractivity contribution >= 4 is 0 Å². The van der Waals surface area contributed by atoms with Crippen molar-refractivity contribution in [2.24, 2.45) is 5.73 Å². The fourth-order valence-electron chi connectivity index (χ4n) is 2.69. The van der Waals surface area contributed by atoms with Crippen molar-refractivity contribution in [3.63, 3.8) is 0 Å². The number of nitrogens with two attached hydrogens (primary N) is 1. The van der Waals surface area contributed by atoms with Crippen LogP contribution in [0, 0.1) is 0 Å². The molecule has 1 aliphatic carbocycles. The highest BCUT2D eigenvalue weighted by Gasteiger charge is 2.25. The lowest BCUT2D eigenvalue weighted by atomic mass is 10.00. The number of ether oxygens (including phenoxy) is 2. The molecule has 2 rings (SSSR count). The van der Waals surface area contributed by atoms with Gasteiger partial charge in [0.1, 0.15) is 5.75 Å². The predicted octanol–water partition coefficient (Wildman–Crippen LogP) is 3.43. The molecule has 1 aliphatic rings. The average Bonchev–Trinajstić information content (AvgIpc) is 2.97. The molecule has 0 bridgehead atoms. The zero-order valence-corrected chi connectivity index (χ0v) is 12.0. The first-order chi connectivity index (χ1) is 9.24. The lowest BCUT2D eigenvalue weighted by Crippen LogP contribution is -2.31. The van der Waals surface area contributed by atoms with Crippen LogP contribution < -0.4 is 10.5 Å². The van der Waals surface area contributed by atoms with Crippen LogP contribution >= 0.6 is 0 Å². The number of hydrogen-bond donors (Lipinski definition) is 1. The van der Waals surface area contributed by atoms with Crippen LogP contribution in [0.4, 0.5) is 0 Å². The van der Waals surface area contributed by atoms with Crippen molar-refractivity contribution in [1.29, 1.82) is 0 Å². The van der Waals surface area contributed by atoms with E-state index in [0.717, 1.165) is 30.6 Å². The van der Waals surface area contributed by atoms with E-state index in [2.05, 4.69) is 13.0 Å². The van der Waals surface area contributed by atoms with Crippen molar-refractivity contribution in [2.75, 3.05) is 7.11 Å². The number of methoxy groups -OCH3 is 1. The first kappa shape index (κ1) is 14.4. The highest BCUT2D eigenvalue weighted by Crippen LogP contribution is 2.31. The van der Waals surface area contributed by atoms with Gasteiger partial charge in [-0.25, -0.2) is 0 Å². The van der Waals surface area contributed by atoms with E-state index < -0.39 is 0 Å². The molecule has 1 aromatic rings. The lowest BCUT2D eigenvalue weighted by Gasteiger charge is -2.27. The first-order valence-electron chi connectivity index (χ1n) is 7.29. The van der Waals surface area contributed by atoms with Gasteiger partial charge in [-0.1, -0.05) is 31.9 Å². The Hall–Kier alpha value is -1.06. The molecule has 0 aromatic heterocycles. The van der Waals surface area contributed by atoms with Gasteiger partial charge in [0.25, 0.3) is 0 Å². The normalized spacial score (nSPS) is 19.3. The summed E-state index contributed by atoms with van der Waals surface area (Å²) in [6.45, 7) is 2.11. The van der Waals surface area contributed by atoms with Gasteiger partial charge in [0.05, 0.1) is 19.3 Å². The van der Waals surface area contributed by atoms with E-state index in [9.17, 15) is 0 Å². The van der Waals surface area contributed by atoms with Crippen molar-refractivity contribution in [2.45, 2.75) is 57.3 Å². The van der Waals surface area contributed by atoms with Crippen LogP contribution in [0.2, 0.25) is 0 Å². The van der Waals surface area contributed by atoms with E-state index in [1.54, 1.807) is 7.11 Å². The molecule has 1 fully saturated rings. The van der Waals surface area contributed by atoms with Crippen LogP contribution in [0.15, 0.2) is 24.3 Å². The maximum atomic E-state index is 6.27. The second-order valence-electron chi connectivity index (χ2n) is 5.31. The molecule has 0 radical (unpaired) electrons. The molecule has 3 nitrogen and oxygen atoms in total. The van der Waals surface area contributed by atoms with Gasteiger partial charge < -0.3 is 15.2 Å². The van der Waals surface area contributed by atoms with Crippen LogP contribution in [0.3, 0.4) is 0 Å². The maximum Gasteiger partial charge on any atom is 0.119 e. The third-order valence-electron chi connectivity index (χ3n) is 3.92. The average molecular weight is 263 g/mol. The molecule has 0 spiro atoms. The highest BCUT2D eigenvalue weighted by molar-refractivity contribution is 5.30. The van der Waals surface area contributed by atoms with Crippen molar-refractivity contribution in [3.05, 3.63) is 29.8 Å². The Bertz CT molecular complexity index is 388. The molecule has 0 aliphatic heterocycles. The smallest absolute Gasteiger partial charge is 0.119 e. The second-order valence-corrected chi connectivity index (χ2v) is 5.31. The summed E-state index contributed by atoms with van der Waals surface area (Å²) >= 11 is 0. The second kappa shape index (κ2) is 6.92. The fraction of sp³-hybridized carbons (Fsp3) is 0.625. The van der Waals surface area contributed by atoms with Crippen molar-refractivity contribution in [3.8, 4) is 5.75 Å². The van der Waals surface area contributed by atoms with Gasteiger partial charge in [0.2, 0.25) is 0 Å². The van der Waals surface area contributed by atoms with Gasteiger partial charge in [-0.3, -0.25) is 0 Å². The highest BCUT2D eigenvalue weighted by atomic mass is 16.5. The SMILES string of the molecule is CCC(N)C(OC1CCCC1)c1cccc(OC)c1. The van der Waals surface area contributed by atoms with E-state index in [1.807, 2.05) is 18.2 Å². The monoisotopic (exact) mass is 263 g/mol. The lowest BCUT2D eigenvalue weighted by molar-refractivity contribution is -0.0237. The van der Waals surface area contributed by atoms with Gasteiger partial charge in [0.15, 0.2) is 0 Å². The first-order valence-corrected chi connectivity index (χ1v) is 7.29. The molecule has 0 saturated heterocycles. The Morgan fingerprint density at radius 2 is 2.05 bits per heavy atom. The Morgan fingerprint density at radius 3 is 2.68 bits per heavy atom. The van der Waals surface area contributed by atoms with Gasteiger partial charge >= 0.3 is 0 Å². The molecule has 1 aromatic carbocycles. The standard InChI is InChI=1S/C16H25NO2/c1-3-15(17)16(19-13-8-4-5-9-13)12-7-6-10-14(11-12)18-2/h6-7,10-11,13,15-16H,3-5,8-9,17H2,1-2H3. The number of rotatable bonds is 6. The topological polar surface area (TPSA) is 44.5 Å². The maximum absolute atomic E-state index is 6.27. The van der Waals surface area contributed by atoms with E-state index in [4.69, 9.17) is 15.2 Å². The minimum absolute atomic E-state index is 0.0248. The summed E-state index contributed by atoms with van der Waals surface area (Å²) in [5, 5.41) is 0. The molecule has 0 heterocycles. The summed E-state index contributed by atoms with van der Waals surface area (Å²) < 4.78 is 11.6. The molecule has 2 atom stereocenters. The van der Waals surface area contributed by atoms with Crippen LogP contribution in [0.25, 0.3) is 0 Å². The summed E-state index contributed by atoms with van der Waals surface area (Å²) in [5.74, 6) is 0.862. The largest absolute Gasteiger partial charge is 0.497 e. The minimum atomic E-state index is -0.0248. The summed E-state index contributed by atoms with van der Waals surface area (Å²) in [6.07, 6.45) is 6.13. The molecule has 1 saturated carbocycles. The van der Waals surface area contributed by atoms with Crippen LogP contribution in [-0.2, 0) is 4.74 Å². The van der Waals surface area contributed by atoms with Gasteiger partial charge in [-0.15, -0.1) is 0 Å². The summed E-state index contributed by atoms with van der Waals surface area (Å²) in [5.41, 5.74) is 7.38. The molecule has 3 heteroatoms. The van der Waals surface area contributed by atoms with Crippen LogP contribution in [0.5, 0.6) is 5.75 Å². The Kier molecular flexibility index (Phi) is 5.23. The van der Waals surface area contributed by atoms with Crippen molar-refractivity contribution in [1.82, 2.24) is 0 Å². The Labute approximate surface area is 116 Å². The van der Waals surface area contributed by atoms with E-state index in [1.165, 1.54) is 12.8 Å². The van der Waals surface area contributed by atoms with Gasteiger partial charge in [-0.2, -0.15) is 0 Å². The van der Waals surface area contributed by atoms with Crippen LogP contribution in [-0.4, -0.2) is 19.3 Å². The molecular formula is C16H25NO2. The number of benzene rings is 1. The van der Waals surface area contributed by atoms with Gasteiger partial charge in [0, 0.05) is 6.04 Å². The Morgan fingerprint density at radius 1 is 1.32 bits per heavy atom. The molecule has 0 amide bonds. The summed E-state index contributed by atoms with van der Waals surface area (Å²) in [4.78, 5) is 0. The zero-order chi connectivity index (χ0) is 13.7. The van der Waals surface area contributed by atoms with Gasteiger partial charge in [-0.05, 0) is 37.0 Å². The third-order valence-corrected chi connectivity index (χ3v) is 3.92. The minimum Gasteiger partial charge on any atom is -0.497 e. The predicted molar refractivity (Wildman–Crippen MR) is 77.3 cm³/mol. The summed E-state index contributed by atoms with van der Waals surface area (Å²) in [6, 6.07) is 8.11. The molecule has 106 valence electrons. The quantitative estimate of drug-likeness (QED) is 0.855. The van der Waals surface area contributed by atoms with Crippen LogP contribution in [0.1, 0.15) is 50.7 Å². The summed E-state index contributed by atoms with van der Waals surface area (Å²) in [7, 11) is 1.69. The van der Waals surface area contributed by atoms with E-state index in [-0.39, 0.29) is 12.1 Å². The molecule has 2 unspecified atom stereocenters. The van der Waals surface area contributed by atoms with Crippen molar-refractivity contribution < 1.29 is 9.47 Å². The van der Waals surface area contributed by atoms with E-state index >= 15 is 0 Å². The number of hydrogen-bond acceptors (Lipinski definition) is 3. The molecular weight excluding hydrogens is 238 g/mol.